The Kier molecular flexibility index (Phi) is 8.86. The molecule has 0 radical (unpaired) electrons. The van der Waals surface area contributed by atoms with Gasteiger partial charge in [0.25, 0.3) is 11.8 Å². The van der Waals surface area contributed by atoms with Gasteiger partial charge in [-0.15, -0.1) is 11.3 Å². The van der Waals surface area contributed by atoms with E-state index in [4.69, 9.17) is 0 Å². The van der Waals surface area contributed by atoms with Gasteiger partial charge in [-0.3, -0.25) is 9.59 Å². The Hall–Kier alpha value is -2.18. The molecule has 0 aliphatic rings. The minimum Gasteiger partial charge on any atom is -0.349 e. The molecule has 0 aliphatic carbocycles. The molecule has 2 amide bonds. The van der Waals surface area contributed by atoms with Crippen LogP contribution in [-0.4, -0.2) is 37.5 Å². The molecule has 29 heavy (non-hydrogen) atoms. The van der Waals surface area contributed by atoms with E-state index in [1.807, 2.05) is 39.0 Å². The Morgan fingerprint density at radius 2 is 1.72 bits per heavy atom. The second kappa shape index (κ2) is 11.1. The SMILES string of the molecule is CC[NH+](CC)CCC[C@H](C)NC(=O)c1c(NC(=O)c2ccccc2)sc(C)c1C. The van der Waals surface area contributed by atoms with Gasteiger partial charge in [-0.25, -0.2) is 0 Å². The van der Waals surface area contributed by atoms with E-state index in [-0.39, 0.29) is 17.9 Å². The van der Waals surface area contributed by atoms with Crippen molar-refractivity contribution in [3.8, 4) is 0 Å². The molecule has 0 spiro atoms. The number of aryl methyl sites for hydroxylation is 1. The topological polar surface area (TPSA) is 62.6 Å². The standard InChI is InChI=1S/C23H33N3O2S/c1-6-26(7-2)15-11-12-16(3)24-22(28)20-17(4)18(5)29-23(20)25-21(27)19-13-9-8-10-14-19/h8-10,13-14,16H,6-7,11-12,15H2,1-5H3,(H,24,28)(H,25,27)/p+1/t16-/m0/s1. The summed E-state index contributed by atoms with van der Waals surface area (Å²) in [6.45, 7) is 13.8. The van der Waals surface area contributed by atoms with Gasteiger partial charge in [-0.2, -0.15) is 0 Å². The van der Waals surface area contributed by atoms with Crippen LogP contribution in [0.3, 0.4) is 0 Å². The fourth-order valence-corrected chi connectivity index (χ4v) is 4.44. The second-order valence-electron chi connectivity index (χ2n) is 7.53. The number of carbonyl (C=O) groups is 2. The van der Waals surface area contributed by atoms with E-state index in [1.165, 1.54) is 11.3 Å². The highest BCUT2D eigenvalue weighted by atomic mass is 32.1. The van der Waals surface area contributed by atoms with Crippen LogP contribution in [-0.2, 0) is 0 Å². The van der Waals surface area contributed by atoms with Crippen molar-refractivity contribution in [1.82, 2.24) is 5.32 Å². The smallest absolute Gasteiger partial charge is 0.256 e. The molecule has 5 nitrogen and oxygen atoms in total. The van der Waals surface area contributed by atoms with Crippen LogP contribution in [0.2, 0.25) is 0 Å². The number of anilines is 1. The van der Waals surface area contributed by atoms with Gasteiger partial charge in [0.2, 0.25) is 0 Å². The Morgan fingerprint density at radius 3 is 2.34 bits per heavy atom. The molecule has 1 aromatic carbocycles. The fraction of sp³-hybridized carbons (Fsp3) is 0.478. The van der Waals surface area contributed by atoms with E-state index >= 15 is 0 Å². The quantitative estimate of drug-likeness (QED) is 0.556. The van der Waals surface area contributed by atoms with Crippen molar-refractivity contribution in [2.45, 2.75) is 53.5 Å². The zero-order chi connectivity index (χ0) is 21.4. The number of amides is 2. The van der Waals surface area contributed by atoms with Crippen LogP contribution in [0.25, 0.3) is 0 Å². The normalized spacial score (nSPS) is 12.1. The third kappa shape index (κ3) is 6.41. The lowest BCUT2D eigenvalue weighted by Crippen LogP contribution is -3.11. The third-order valence-electron chi connectivity index (χ3n) is 5.42. The summed E-state index contributed by atoms with van der Waals surface area (Å²) in [5, 5.41) is 6.67. The zero-order valence-electron chi connectivity index (χ0n) is 18.2. The molecule has 1 heterocycles. The van der Waals surface area contributed by atoms with Crippen molar-refractivity contribution in [3.63, 3.8) is 0 Å². The highest BCUT2D eigenvalue weighted by molar-refractivity contribution is 7.16. The summed E-state index contributed by atoms with van der Waals surface area (Å²) >= 11 is 1.45. The summed E-state index contributed by atoms with van der Waals surface area (Å²) in [6, 6.07) is 9.15. The molecule has 3 N–H and O–H groups in total. The lowest BCUT2D eigenvalue weighted by molar-refractivity contribution is -0.896. The lowest BCUT2D eigenvalue weighted by atomic mass is 10.1. The summed E-state index contributed by atoms with van der Waals surface area (Å²) in [4.78, 5) is 28.2. The number of rotatable bonds is 10. The van der Waals surface area contributed by atoms with Crippen LogP contribution in [0.15, 0.2) is 30.3 Å². The zero-order valence-corrected chi connectivity index (χ0v) is 19.0. The molecule has 0 saturated heterocycles. The highest BCUT2D eigenvalue weighted by Gasteiger charge is 2.22. The Morgan fingerprint density at radius 1 is 1.07 bits per heavy atom. The number of nitrogens with one attached hydrogen (secondary N) is 3. The molecule has 0 unspecified atom stereocenters. The van der Waals surface area contributed by atoms with Gasteiger partial charge in [0, 0.05) is 16.5 Å². The monoisotopic (exact) mass is 416 g/mol. The van der Waals surface area contributed by atoms with Crippen LogP contribution in [0.5, 0.6) is 0 Å². The molecule has 158 valence electrons. The Labute approximate surface area is 178 Å². The maximum Gasteiger partial charge on any atom is 0.256 e. The Balaban J connectivity index is 2.03. The lowest BCUT2D eigenvalue weighted by Gasteiger charge is -2.18. The minimum absolute atomic E-state index is 0.0924. The molecular formula is C23H34N3O2S+. The highest BCUT2D eigenvalue weighted by Crippen LogP contribution is 2.32. The first-order chi connectivity index (χ1) is 13.9. The van der Waals surface area contributed by atoms with Crippen molar-refractivity contribution in [3.05, 3.63) is 51.9 Å². The van der Waals surface area contributed by atoms with Crippen molar-refractivity contribution >= 4 is 28.2 Å². The van der Waals surface area contributed by atoms with E-state index < -0.39 is 0 Å². The molecule has 2 aromatic rings. The summed E-state index contributed by atoms with van der Waals surface area (Å²) < 4.78 is 0. The average Bonchev–Trinajstić information content (AvgIpc) is 2.99. The summed E-state index contributed by atoms with van der Waals surface area (Å²) in [5.41, 5.74) is 2.09. The molecular weight excluding hydrogens is 382 g/mol. The fourth-order valence-electron chi connectivity index (χ4n) is 3.38. The van der Waals surface area contributed by atoms with Gasteiger partial charge in [-0.05, 0) is 65.2 Å². The van der Waals surface area contributed by atoms with Gasteiger partial charge >= 0.3 is 0 Å². The first-order valence-electron chi connectivity index (χ1n) is 10.5. The van der Waals surface area contributed by atoms with Gasteiger partial charge in [-0.1, -0.05) is 18.2 Å². The first kappa shape index (κ1) is 23.1. The number of benzene rings is 1. The van der Waals surface area contributed by atoms with Crippen LogP contribution in [0.4, 0.5) is 5.00 Å². The molecule has 1 aromatic heterocycles. The predicted molar refractivity (Wildman–Crippen MR) is 121 cm³/mol. The van der Waals surface area contributed by atoms with Crippen LogP contribution < -0.4 is 15.5 Å². The van der Waals surface area contributed by atoms with Gasteiger partial charge in [0.1, 0.15) is 5.00 Å². The van der Waals surface area contributed by atoms with Crippen molar-refractivity contribution in [2.75, 3.05) is 25.0 Å². The summed E-state index contributed by atoms with van der Waals surface area (Å²) in [6.07, 6.45) is 2.03. The minimum atomic E-state index is -0.198. The number of hydrogen-bond donors (Lipinski definition) is 3. The average molecular weight is 417 g/mol. The van der Waals surface area contributed by atoms with Crippen LogP contribution >= 0.6 is 11.3 Å². The van der Waals surface area contributed by atoms with E-state index in [2.05, 4.69) is 24.5 Å². The summed E-state index contributed by atoms with van der Waals surface area (Å²) in [7, 11) is 0. The van der Waals surface area contributed by atoms with Gasteiger partial charge in [0.05, 0.1) is 25.2 Å². The van der Waals surface area contributed by atoms with Crippen molar-refractivity contribution in [2.24, 2.45) is 0 Å². The second-order valence-corrected chi connectivity index (χ2v) is 8.76. The van der Waals surface area contributed by atoms with Gasteiger partial charge < -0.3 is 15.5 Å². The number of quaternary nitrogens is 1. The maximum absolute atomic E-state index is 13.0. The van der Waals surface area contributed by atoms with E-state index in [9.17, 15) is 9.59 Å². The van der Waals surface area contributed by atoms with Crippen LogP contribution in [0, 0.1) is 13.8 Å². The number of thiophene rings is 1. The maximum atomic E-state index is 13.0. The largest absolute Gasteiger partial charge is 0.349 e. The number of hydrogen-bond acceptors (Lipinski definition) is 3. The van der Waals surface area contributed by atoms with Crippen molar-refractivity contribution < 1.29 is 14.5 Å². The predicted octanol–water partition coefficient (Wildman–Crippen LogP) is 3.44. The molecule has 0 fully saturated rings. The number of carbonyl (C=O) groups excluding carboxylic acids is 2. The van der Waals surface area contributed by atoms with E-state index in [0.717, 1.165) is 42.9 Å². The molecule has 0 bridgehead atoms. The van der Waals surface area contributed by atoms with E-state index in [0.29, 0.717) is 16.1 Å². The Bertz CT molecular complexity index is 813. The van der Waals surface area contributed by atoms with Crippen LogP contribution in [0.1, 0.15) is 64.8 Å². The van der Waals surface area contributed by atoms with Gasteiger partial charge in [0.15, 0.2) is 0 Å². The molecule has 1 atom stereocenters. The first-order valence-corrected chi connectivity index (χ1v) is 11.3. The molecule has 0 saturated carbocycles. The van der Waals surface area contributed by atoms with Crippen molar-refractivity contribution in [1.29, 1.82) is 0 Å². The summed E-state index contributed by atoms with van der Waals surface area (Å²) in [5.74, 6) is -0.311. The molecule has 0 aliphatic heterocycles. The third-order valence-corrected chi connectivity index (χ3v) is 6.54. The molecule has 6 heteroatoms. The molecule has 2 rings (SSSR count). The van der Waals surface area contributed by atoms with E-state index in [1.54, 1.807) is 17.0 Å².